The van der Waals surface area contributed by atoms with Crippen LogP contribution in [0.4, 0.5) is 4.39 Å². The van der Waals surface area contributed by atoms with Gasteiger partial charge in [0.15, 0.2) is 0 Å². The molecule has 2 amide bonds. The molecule has 160 valence electrons. The summed E-state index contributed by atoms with van der Waals surface area (Å²) in [6.45, 7) is 7.72. The van der Waals surface area contributed by atoms with Gasteiger partial charge in [0.2, 0.25) is 5.91 Å². The van der Waals surface area contributed by atoms with Crippen LogP contribution in [0.1, 0.15) is 41.3 Å². The van der Waals surface area contributed by atoms with Crippen molar-refractivity contribution in [3.05, 3.63) is 71.0 Å². The van der Waals surface area contributed by atoms with E-state index in [2.05, 4.69) is 24.1 Å². The zero-order valence-corrected chi connectivity index (χ0v) is 17.7. The number of benzene rings is 2. The number of hydrogen-bond donors (Lipinski definition) is 1. The largest absolute Gasteiger partial charge is 0.355 e. The Balaban J connectivity index is 1.38. The lowest BCUT2D eigenvalue weighted by molar-refractivity contribution is -0.122. The standard InChI is InChI=1S/C24H30FN3O2/c1-18(2)20-5-7-21(8-6-20)24(30)28-15-13-27(14-16-28)17-23(29)26-12-11-19-3-9-22(25)10-4-19/h3-10,18H,11-17H2,1-2H3,(H,26,29). The summed E-state index contributed by atoms with van der Waals surface area (Å²) in [5.74, 6) is 0.211. The molecule has 1 fully saturated rings. The van der Waals surface area contributed by atoms with Crippen LogP contribution < -0.4 is 5.32 Å². The number of halogens is 1. The Morgan fingerprint density at radius 1 is 0.967 bits per heavy atom. The Morgan fingerprint density at radius 3 is 2.20 bits per heavy atom. The van der Waals surface area contributed by atoms with Gasteiger partial charge in [0.05, 0.1) is 6.54 Å². The predicted octanol–water partition coefficient (Wildman–Crippen LogP) is 3.07. The lowest BCUT2D eigenvalue weighted by Crippen LogP contribution is -2.51. The minimum Gasteiger partial charge on any atom is -0.355 e. The highest BCUT2D eigenvalue weighted by Gasteiger charge is 2.23. The fraction of sp³-hybridized carbons (Fsp3) is 0.417. The van der Waals surface area contributed by atoms with E-state index in [1.807, 2.05) is 29.2 Å². The summed E-state index contributed by atoms with van der Waals surface area (Å²) < 4.78 is 12.9. The molecule has 2 aromatic rings. The third kappa shape index (κ3) is 6.13. The van der Waals surface area contributed by atoms with E-state index in [0.717, 1.165) is 5.56 Å². The summed E-state index contributed by atoms with van der Waals surface area (Å²) in [5, 5.41) is 2.91. The second-order valence-corrected chi connectivity index (χ2v) is 8.07. The maximum Gasteiger partial charge on any atom is 0.253 e. The van der Waals surface area contributed by atoms with Gasteiger partial charge in [0.1, 0.15) is 5.82 Å². The molecule has 0 unspecified atom stereocenters. The topological polar surface area (TPSA) is 52.7 Å². The van der Waals surface area contributed by atoms with Crippen molar-refractivity contribution in [3.63, 3.8) is 0 Å². The first-order chi connectivity index (χ1) is 14.4. The van der Waals surface area contributed by atoms with Crippen molar-refractivity contribution in [1.82, 2.24) is 15.1 Å². The quantitative estimate of drug-likeness (QED) is 0.762. The Kier molecular flexibility index (Phi) is 7.57. The normalized spacial score (nSPS) is 14.7. The molecular formula is C24H30FN3O2. The molecule has 5 nitrogen and oxygen atoms in total. The third-order valence-electron chi connectivity index (χ3n) is 5.50. The van der Waals surface area contributed by atoms with E-state index in [1.54, 1.807) is 12.1 Å². The maximum absolute atomic E-state index is 12.9. The molecule has 0 spiro atoms. The molecule has 30 heavy (non-hydrogen) atoms. The molecule has 2 aromatic carbocycles. The molecule has 3 rings (SSSR count). The van der Waals surface area contributed by atoms with Gasteiger partial charge in [0.25, 0.3) is 5.91 Å². The molecule has 0 radical (unpaired) electrons. The average Bonchev–Trinajstić information content (AvgIpc) is 2.75. The minimum absolute atomic E-state index is 0.0267. The van der Waals surface area contributed by atoms with Gasteiger partial charge < -0.3 is 10.2 Å². The van der Waals surface area contributed by atoms with Crippen molar-refractivity contribution < 1.29 is 14.0 Å². The molecule has 0 bridgehead atoms. The summed E-state index contributed by atoms with van der Waals surface area (Å²) in [4.78, 5) is 28.8. The second kappa shape index (κ2) is 10.3. The van der Waals surface area contributed by atoms with Crippen molar-refractivity contribution in [3.8, 4) is 0 Å². The predicted molar refractivity (Wildman–Crippen MR) is 116 cm³/mol. The fourth-order valence-electron chi connectivity index (χ4n) is 3.56. The maximum atomic E-state index is 12.9. The smallest absolute Gasteiger partial charge is 0.253 e. The van der Waals surface area contributed by atoms with Crippen molar-refractivity contribution in [2.75, 3.05) is 39.3 Å². The molecule has 0 atom stereocenters. The molecule has 1 aliphatic heterocycles. The highest BCUT2D eigenvalue weighted by molar-refractivity contribution is 5.94. The average molecular weight is 412 g/mol. The first-order valence-corrected chi connectivity index (χ1v) is 10.5. The lowest BCUT2D eigenvalue weighted by Gasteiger charge is -2.34. The van der Waals surface area contributed by atoms with Crippen LogP contribution in [0.2, 0.25) is 0 Å². The summed E-state index contributed by atoms with van der Waals surface area (Å²) in [5.41, 5.74) is 2.93. The van der Waals surface area contributed by atoms with E-state index in [-0.39, 0.29) is 17.6 Å². The van der Waals surface area contributed by atoms with E-state index in [1.165, 1.54) is 17.7 Å². The van der Waals surface area contributed by atoms with Gasteiger partial charge in [0, 0.05) is 38.3 Å². The molecule has 1 saturated heterocycles. The number of carbonyl (C=O) groups is 2. The van der Waals surface area contributed by atoms with E-state index in [4.69, 9.17) is 0 Å². The highest BCUT2D eigenvalue weighted by atomic mass is 19.1. The SMILES string of the molecule is CC(C)c1ccc(C(=O)N2CCN(CC(=O)NCCc3ccc(F)cc3)CC2)cc1. The van der Waals surface area contributed by atoms with E-state index in [0.29, 0.717) is 57.2 Å². The number of hydrogen-bond acceptors (Lipinski definition) is 3. The Morgan fingerprint density at radius 2 is 1.60 bits per heavy atom. The number of nitrogens with zero attached hydrogens (tertiary/aromatic N) is 2. The Hall–Kier alpha value is -2.73. The van der Waals surface area contributed by atoms with Gasteiger partial charge in [-0.25, -0.2) is 4.39 Å². The van der Waals surface area contributed by atoms with E-state index < -0.39 is 0 Å². The zero-order valence-electron chi connectivity index (χ0n) is 17.7. The van der Waals surface area contributed by atoms with Gasteiger partial charge in [-0.2, -0.15) is 0 Å². The molecule has 1 aliphatic rings. The van der Waals surface area contributed by atoms with E-state index in [9.17, 15) is 14.0 Å². The van der Waals surface area contributed by atoms with Crippen molar-refractivity contribution in [1.29, 1.82) is 0 Å². The second-order valence-electron chi connectivity index (χ2n) is 8.07. The van der Waals surface area contributed by atoms with Gasteiger partial charge in [-0.15, -0.1) is 0 Å². The molecular weight excluding hydrogens is 381 g/mol. The minimum atomic E-state index is -0.256. The van der Waals surface area contributed by atoms with Crippen LogP contribution >= 0.6 is 0 Å². The third-order valence-corrected chi connectivity index (χ3v) is 5.50. The van der Waals surface area contributed by atoms with Crippen LogP contribution in [0.5, 0.6) is 0 Å². The first kappa shape index (κ1) is 22.0. The van der Waals surface area contributed by atoms with Crippen LogP contribution in [-0.2, 0) is 11.2 Å². The molecule has 0 saturated carbocycles. The Labute approximate surface area is 177 Å². The lowest BCUT2D eigenvalue weighted by atomic mass is 10.0. The first-order valence-electron chi connectivity index (χ1n) is 10.5. The highest BCUT2D eigenvalue weighted by Crippen LogP contribution is 2.16. The summed E-state index contributed by atoms with van der Waals surface area (Å²) in [7, 11) is 0. The summed E-state index contributed by atoms with van der Waals surface area (Å²) in [6, 6.07) is 14.2. The van der Waals surface area contributed by atoms with Crippen molar-refractivity contribution in [2.45, 2.75) is 26.2 Å². The molecule has 1 heterocycles. The van der Waals surface area contributed by atoms with Crippen LogP contribution in [0.25, 0.3) is 0 Å². The summed E-state index contributed by atoms with van der Waals surface area (Å²) >= 11 is 0. The van der Waals surface area contributed by atoms with E-state index >= 15 is 0 Å². The molecule has 0 aliphatic carbocycles. The number of carbonyl (C=O) groups excluding carboxylic acids is 2. The van der Waals surface area contributed by atoms with Gasteiger partial charge in [-0.1, -0.05) is 38.1 Å². The number of nitrogens with one attached hydrogen (secondary N) is 1. The van der Waals surface area contributed by atoms with Crippen molar-refractivity contribution >= 4 is 11.8 Å². The van der Waals surface area contributed by atoms with Crippen LogP contribution in [-0.4, -0.2) is 60.9 Å². The van der Waals surface area contributed by atoms with Crippen LogP contribution in [0.15, 0.2) is 48.5 Å². The van der Waals surface area contributed by atoms with Gasteiger partial charge in [-0.3, -0.25) is 14.5 Å². The Bertz CT molecular complexity index is 842. The van der Waals surface area contributed by atoms with Gasteiger partial charge in [-0.05, 0) is 47.7 Å². The van der Waals surface area contributed by atoms with Crippen LogP contribution in [0.3, 0.4) is 0 Å². The fourth-order valence-corrected chi connectivity index (χ4v) is 3.56. The van der Waals surface area contributed by atoms with Crippen molar-refractivity contribution in [2.24, 2.45) is 0 Å². The molecule has 1 N–H and O–H groups in total. The van der Waals surface area contributed by atoms with Gasteiger partial charge >= 0.3 is 0 Å². The number of piperazine rings is 1. The monoisotopic (exact) mass is 411 g/mol. The number of amides is 2. The zero-order chi connectivity index (χ0) is 21.5. The molecule has 0 aromatic heterocycles. The van der Waals surface area contributed by atoms with Crippen LogP contribution in [0, 0.1) is 5.82 Å². The summed E-state index contributed by atoms with van der Waals surface area (Å²) in [6.07, 6.45) is 0.671. The number of rotatable bonds is 7. The molecule has 6 heteroatoms.